The molecule has 0 aromatic heterocycles. The average Bonchev–Trinajstić information content (AvgIpc) is 2.50. The van der Waals surface area contributed by atoms with E-state index in [9.17, 15) is 9.59 Å². The fraction of sp³-hybridized carbons (Fsp3) is 0.882. The molecule has 22 heavy (non-hydrogen) atoms. The molecule has 5 nitrogen and oxygen atoms in total. The molecular weight excluding hydrogens is 280 g/mol. The molecule has 1 fully saturated rings. The third kappa shape index (κ3) is 6.88. The van der Waals surface area contributed by atoms with Crippen LogP contribution in [0.4, 0.5) is 0 Å². The first-order valence-electron chi connectivity index (χ1n) is 8.54. The van der Waals surface area contributed by atoms with Crippen LogP contribution in [0.25, 0.3) is 0 Å². The molecule has 1 aliphatic heterocycles. The summed E-state index contributed by atoms with van der Waals surface area (Å²) < 4.78 is 5.40. The molecule has 0 bridgehead atoms. The Morgan fingerprint density at radius 1 is 1.14 bits per heavy atom. The Bertz CT molecular complexity index is 348. The fourth-order valence-corrected chi connectivity index (χ4v) is 2.63. The minimum atomic E-state index is 0.0695. The molecule has 1 rings (SSSR count). The number of rotatable bonds is 9. The number of amides is 1. The number of carbonyl (C=O) groups is 2. The first-order chi connectivity index (χ1) is 10.4. The van der Waals surface area contributed by atoms with Gasteiger partial charge in [-0.15, -0.1) is 0 Å². The van der Waals surface area contributed by atoms with Crippen LogP contribution in [0.1, 0.15) is 47.0 Å². The zero-order valence-corrected chi connectivity index (χ0v) is 14.6. The van der Waals surface area contributed by atoms with Crippen molar-refractivity contribution in [2.45, 2.75) is 53.0 Å². The normalized spacial score (nSPS) is 17.2. The molecule has 0 spiro atoms. The van der Waals surface area contributed by atoms with Crippen molar-refractivity contribution in [1.29, 1.82) is 0 Å². The number of nitrogens with zero attached hydrogens (tertiary/aromatic N) is 1. The van der Waals surface area contributed by atoms with Gasteiger partial charge in [-0.3, -0.25) is 9.59 Å². The lowest BCUT2D eigenvalue weighted by Crippen LogP contribution is -2.43. The van der Waals surface area contributed by atoms with Gasteiger partial charge in [-0.2, -0.15) is 0 Å². The second-order valence-electron chi connectivity index (χ2n) is 6.68. The Balaban J connectivity index is 2.06. The first kappa shape index (κ1) is 19.1. The molecule has 0 atom stereocenters. The van der Waals surface area contributed by atoms with Crippen molar-refractivity contribution in [3.8, 4) is 0 Å². The van der Waals surface area contributed by atoms with Gasteiger partial charge in [0.25, 0.3) is 0 Å². The SMILES string of the molecule is CC(C)C(=O)CCOCCNC(=O)C1CCN(C(C)C)CC1. The van der Waals surface area contributed by atoms with E-state index in [1.165, 1.54) is 0 Å². The highest BCUT2D eigenvalue weighted by Gasteiger charge is 2.25. The summed E-state index contributed by atoms with van der Waals surface area (Å²) in [4.78, 5) is 25.9. The van der Waals surface area contributed by atoms with Crippen LogP contribution in [-0.4, -0.2) is 55.5 Å². The molecule has 1 heterocycles. The molecule has 5 heteroatoms. The van der Waals surface area contributed by atoms with Gasteiger partial charge in [0.2, 0.25) is 5.91 Å². The van der Waals surface area contributed by atoms with Crippen molar-refractivity contribution < 1.29 is 14.3 Å². The maximum Gasteiger partial charge on any atom is 0.223 e. The van der Waals surface area contributed by atoms with Crippen molar-refractivity contribution in [2.75, 3.05) is 32.8 Å². The molecule has 0 aromatic carbocycles. The molecule has 1 amide bonds. The topological polar surface area (TPSA) is 58.6 Å². The standard InChI is InChI=1S/C17H32N2O3/c1-13(2)16(20)7-11-22-12-8-18-17(21)15-5-9-19(10-6-15)14(3)4/h13-15H,5-12H2,1-4H3,(H,18,21). The average molecular weight is 312 g/mol. The van der Waals surface area contributed by atoms with E-state index in [0.29, 0.717) is 32.2 Å². The monoisotopic (exact) mass is 312 g/mol. The van der Waals surface area contributed by atoms with E-state index < -0.39 is 0 Å². The van der Waals surface area contributed by atoms with Gasteiger partial charge in [-0.1, -0.05) is 13.8 Å². The fourth-order valence-electron chi connectivity index (χ4n) is 2.63. The minimum Gasteiger partial charge on any atom is -0.379 e. The second-order valence-corrected chi connectivity index (χ2v) is 6.68. The lowest BCUT2D eigenvalue weighted by Gasteiger charge is -2.33. The van der Waals surface area contributed by atoms with Crippen LogP contribution in [0.15, 0.2) is 0 Å². The first-order valence-corrected chi connectivity index (χ1v) is 8.54. The summed E-state index contributed by atoms with van der Waals surface area (Å²) in [6, 6.07) is 0.561. The number of likely N-dealkylation sites (tertiary alicyclic amines) is 1. The highest BCUT2D eigenvalue weighted by molar-refractivity contribution is 5.80. The van der Waals surface area contributed by atoms with E-state index in [4.69, 9.17) is 4.74 Å². The smallest absolute Gasteiger partial charge is 0.223 e. The summed E-state index contributed by atoms with van der Waals surface area (Å²) >= 11 is 0. The molecule has 0 aromatic rings. The third-order valence-corrected chi connectivity index (χ3v) is 4.31. The third-order valence-electron chi connectivity index (χ3n) is 4.31. The lowest BCUT2D eigenvalue weighted by atomic mass is 9.95. The largest absolute Gasteiger partial charge is 0.379 e. The van der Waals surface area contributed by atoms with E-state index >= 15 is 0 Å². The summed E-state index contributed by atoms with van der Waals surface area (Å²) in [6.07, 6.45) is 2.33. The predicted octanol–water partition coefficient (Wildman–Crippen LogP) is 1.85. The molecule has 1 aliphatic rings. The van der Waals surface area contributed by atoms with Crippen LogP contribution < -0.4 is 5.32 Å². The van der Waals surface area contributed by atoms with E-state index in [0.717, 1.165) is 25.9 Å². The number of piperidine rings is 1. The number of carbonyl (C=O) groups excluding carboxylic acids is 2. The summed E-state index contributed by atoms with van der Waals surface area (Å²) in [6.45, 7) is 11.6. The predicted molar refractivity (Wildman–Crippen MR) is 87.7 cm³/mol. The Labute approximate surface area is 134 Å². The van der Waals surface area contributed by atoms with Crippen molar-refractivity contribution in [3.05, 3.63) is 0 Å². The van der Waals surface area contributed by atoms with E-state index in [-0.39, 0.29) is 23.5 Å². The molecule has 0 radical (unpaired) electrons. The zero-order chi connectivity index (χ0) is 16.5. The van der Waals surface area contributed by atoms with Gasteiger partial charge < -0.3 is 15.0 Å². The van der Waals surface area contributed by atoms with Crippen molar-refractivity contribution in [1.82, 2.24) is 10.2 Å². The van der Waals surface area contributed by atoms with Crippen LogP contribution >= 0.6 is 0 Å². The van der Waals surface area contributed by atoms with E-state index in [1.807, 2.05) is 13.8 Å². The summed E-state index contributed by atoms with van der Waals surface area (Å²) in [5.74, 6) is 0.573. The van der Waals surface area contributed by atoms with Gasteiger partial charge in [-0.25, -0.2) is 0 Å². The molecule has 0 unspecified atom stereocenters. The van der Waals surface area contributed by atoms with Crippen LogP contribution in [0.5, 0.6) is 0 Å². The van der Waals surface area contributed by atoms with E-state index in [1.54, 1.807) is 0 Å². The van der Waals surface area contributed by atoms with Gasteiger partial charge >= 0.3 is 0 Å². The number of hydrogen-bond acceptors (Lipinski definition) is 4. The highest BCUT2D eigenvalue weighted by Crippen LogP contribution is 2.18. The Kier molecular flexibility index (Phi) is 8.64. The Hall–Kier alpha value is -0.940. The lowest BCUT2D eigenvalue weighted by molar-refractivity contribution is -0.127. The zero-order valence-electron chi connectivity index (χ0n) is 14.6. The van der Waals surface area contributed by atoms with Crippen molar-refractivity contribution >= 4 is 11.7 Å². The van der Waals surface area contributed by atoms with E-state index in [2.05, 4.69) is 24.1 Å². The molecule has 0 aliphatic carbocycles. The summed E-state index contributed by atoms with van der Waals surface area (Å²) in [5.41, 5.74) is 0. The van der Waals surface area contributed by atoms with Crippen molar-refractivity contribution in [3.63, 3.8) is 0 Å². The maximum absolute atomic E-state index is 12.1. The number of Topliss-reactive ketones (excluding diaryl/α,β-unsaturated/α-hetero) is 1. The van der Waals surface area contributed by atoms with Crippen molar-refractivity contribution in [2.24, 2.45) is 11.8 Å². The van der Waals surface area contributed by atoms with Crippen LogP contribution in [0, 0.1) is 11.8 Å². The molecular formula is C17H32N2O3. The van der Waals surface area contributed by atoms with Gasteiger partial charge in [0.15, 0.2) is 0 Å². The van der Waals surface area contributed by atoms with Gasteiger partial charge in [-0.05, 0) is 39.8 Å². The van der Waals surface area contributed by atoms with Crippen LogP contribution in [0.3, 0.4) is 0 Å². The number of hydrogen-bond donors (Lipinski definition) is 1. The number of ether oxygens (including phenoxy) is 1. The van der Waals surface area contributed by atoms with Gasteiger partial charge in [0.1, 0.15) is 5.78 Å². The van der Waals surface area contributed by atoms with Crippen LogP contribution in [0.2, 0.25) is 0 Å². The van der Waals surface area contributed by atoms with Crippen LogP contribution in [-0.2, 0) is 14.3 Å². The number of ketones is 1. The Morgan fingerprint density at radius 2 is 1.77 bits per heavy atom. The molecule has 128 valence electrons. The summed E-state index contributed by atoms with van der Waals surface area (Å²) in [5, 5.41) is 2.94. The van der Waals surface area contributed by atoms with Gasteiger partial charge in [0, 0.05) is 30.8 Å². The highest BCUT2D eigenvalue weighted by atomic mass is 16.5. The maximum atomic E-state index is 12.1. The van der Waals surface area contributed by atoms with Gasteiger partial charge in [0.05, 0.1) is 13.2 Å². The number of nitrogens with one attached hydrogen (secondary N) is 1. The molecule has 1 saturated heterocycles. The molecule has 0 saturated carbocycles. The Morgan fingerprint density at radius 3 is 2.32 bits per heavy atom. The second kappa shape index (κ2) is 9.95. The summed E-state index contributed by atoms with van der Waals surface area (Å²) in [7, 11) is 0. The quantitative estimate of drug-likeness (QED) is 0.660. The minimum absolute atomic E-state index is 0.0695. The molecule has 1 N–H and O–H groups in total.